The van der Waals surface area contributed by atoms with Gasteiger partial charge in [-0.2, -0.15) is 0 Å². The third kappa shape index (κ3) is 1.61. The Morgan fingerprint density at radius 3 is 2.89 bits per heavy atom. The molecule has 90 valence electrons. The lowest BCUT2D eigenvalue weighted by Crippen LogP contribution is -2.10. The largest absolute Gasteiger partial charge is 0.350 e. The van der Waals surface area contributed by atoms with Gasteiger partial charge in [-0.15, -0.1) is 0 Å². The van der Waals surface area contributed by atoms with E-state index in [0.29, 0.717) is 5.95 Å². The molecule has 18 heavy (non-hydrogen) atoms. The predicted octanol–water partition coefficient (Wildman–Crippen LogP) is 1.92. The van der Waals surface area contributed by atoms with Crippen LogP contribution in [0.25, 0.3) is 22.2 Å². The first kappa shape index (κ1) is 10.7. The third-order valence-electron chi connectivity index (χ3n) is 2.96. The van der Waals surface area contributed by atoms with E-state index in [1.807, 2.05) is 25.2 Å². The van der Waals surface area contributed by atoms with Crippen LogP contribution in [0, 0.1) is 0 Å². The molecule has 0 radical (unpaired) electrons. The highest BCUT2D eigenvalue weighted by molar-refractivity contribution is 5.95. The van der Waals surface area contributed by atoms with E-state index in [-0.39, 0.29) is 0 Å². The number of nitrogens with two attached hydrogens (primary N) is 1. The minimum atomic E-state index is 0.417. The first-order valence-corrected chi connectivity index (χ1v) is 5.63. The molecular formula is C13H13N5. The van der Waals surface area contributed by atoms with Crippen LogP contribution in [-0.2, 0) is 7.05 Å². The second kappa shape index (κ2) is 4.12. The van der Waals surface area contributed by atoms with Crippen molar-refractivity contribution in [3.8, 4) is 11.3 Å². The molecule has 0 unspecified atom stereocenters. The zero-order valence-electron chi connectivity index (χ0n) is 9.96. The average Bonchev–Trinajstić information content (AvgIpc) is 2.77. The summed E-state index contributed by atoms with van der Waals surface area (Å²) in [6.07, 6.45) is 3.76. The minimum Gasteiger partial charge on any atom is -0.350 e. The Kier molecular flexibility index (Phi) is 2.46. The van der Waals surface area contributed by atoms with E-state index >= 15 is 0 Å². The Balaban J connectivity index is 2.25. The quantitative estimate of drug-likeness (QED) is 0.529. The van der Waals surface area contributed by atoms with Crippen LogP contribution >= 0.6 is 0 Å². The van der Waals surface area contributed by atoms with E-state index in [2.05, 4.69) is 38.3 Å². The van der Waals surface area contributed by atoms with E-state index in [1.54, 1.807) is 6.20 Å². The summed E-state index contributed by atoms with van der Waals surface area (Å²) >= 11 is 0. The number of nitrogens with one attached hydrogen (secondary N) is 1. The van der Waals surface area contributed by atoms with Gasteiger partial charge < -0.3 is 4.57 Å². The maximum Gasteiger partial charge on any atom is 0.237 e. The monoisotopic (exact) mass is 239 g/mol. The van der Waals surface area contributed by atoms with Gasteiger partial charge in [0.2, 0.25) is 5.95 Å². The van der Waals surface area contributed by atoms with Crippen molar-refractivity contribution in [2.45, 2.75) is 0 Å². The van der Waals surface area contributed by atoms with Crippen molar-refractivity contribution in [2.75, 3.05) is 5.43 Å². The summed E-state index contributed by atoms with van der Waals surface area (Å²) in [5.41, 5.74) is 5.57. The Bertz CT molecular complexity index is 701. The highest BCUT2D eigenvalue weighted by Gasteiger charge is 2.09. The summed E-state index contributed by atoms with van der Waals surface area (Å²) in [5.74, 6) is 5.75. The molecule has 1 aromatic carbocycles. The molecule has 3 aromatic rings. The zero-order chi connectivity index (χ0) is 12.5. The number of fused-ring (bicyclic) bond motifs is 1. The van der Waals surface area contributed by atoms with Gasteiger partial charge in [0.05, 0.1) is 5.69 Å². The molecular weight excluding hydrogens is 226 g/mol. The molecule has 0 aliphatic heterocycles. The number of hydrazine groups is 1. The van der Waals surface area contributed by atoms with Crippen molar-refractivity contribution in [2.24, 2.45) is 12.9 Å². The van der Waals surface area contributed by atoms with Crippen LogP contribution in [-0.4, -0.2) is 14.5 Å². The van der Waals surface area contributed by atoms with Gasteiger partial charge >= 0.3 is 0 Å². The number of hydrogen-bond donors (Lipinski definition) is 2. The summed E-state index contributed by atoms with van der Waals surface area (Å²) < 4.78 is 2.09. The third-order valence-corrected chi connectivity index (χ3v) is 2.96. The molecule has 3 rings (SSSR count). The highest BCUT2D eigenvalue weighted by Crippen LogP contribution is 2.28. The number of rotatable bonds is 2. The molecule has 0 atom stereocenters. The highest BCUT2D eigenvalue weighted by atomic mass is 15.3. The number of nitrogen functional groups attached to an aromatic ring is 1. The van der Waals surface area contributed by atoms with Crippen LogP contribution in [0.5, 0.6) is 0 Å². The van der Waals surface area contributed by atoms with Crippen molar-refractivity contribution in [1.82, 2.24) is 14.5 Å². The van der Waals surface area contributed by atoms with Gasteiger partial charge in [-0.1, -0.05) is 18.2 Å². The SMILES string of the molecule is Cn1cc(-c2ccnc(NN)n2)c2ccccc21. The van der Waals surface area contributed by atoms with Gasteiger partial charge in [-0.05, 0) is 12.1 Å². The molecule has 0 amide bonds. The normalized spacial score (nSPS) is 10.8. The van der Waals surface area contributed by atoms with Gasteiger partial charge in [-0.25, -0.2) is 15.8 Å². The van der Waals surface area contributed by atoms with Gasteiger partial charge in [-0.3, -0.25) is 5.43 Å². The molecule has 2 heterocycles. The molecule has 0 aliphatic carbocycles. The lowest BCUT2D eigenvalue weighted by atomic mass is 10.1. The van der Waals surface area contributed by atoms with E-state index in [0.717, 1.165) is 11.3 Å². The molecule has 0 saturated carbocycles. The molecule has 0 spiro atoms. The number of aryl methyl sites for hydroxylation is 1. The molecule has 0 saturated heterocycles. The maximum atomic E-state index is 5.33. The first-order valence-electron chi connectivity index (χ1n) is 5.63. The number of anilines is 1. The predicted molar refractivity (Wildman–Crippen MR) is 71.8 cm³/mol. The number of hydrogen-bond acceptors (Lipinski definition) is 4. The number of aromatic nitrogens is 3. The number of para-hydroxylation sites is 1. The molecule has 5 heteroatoms. The van der Waals surface area contributed by atoms with E-state index in [4.69, 9.17) is 5.84 Å². The topological polar surface area (TPSA) is 68.8 Å². The minimum absolute atomic E-state index is 0.417. The number of nitrogens with zero attached hydrogens (tertiary/aromatic N) is 3. The van der Waals surface area contributed by atoms with Crippen molar-refractivity contribution in [1.29, 1.82) is 0 Å². The molecule has 0 bridgehead atoms. The Morgan fingerprint density at radius 1 is 1.22 bits per heavy atom. The van der Waals surface area contributed by atoms with Crippen LogP contribution in [0.3, 0.4) is 0 Å². The van der Waals surface area contributed by atoms with Crippen LogP contribution in [0.15, 0.2) is 42.7 Å². The second-order valence-electron chi connectivity index (χ2n) is 4.08. The summed E-state index contributed by atoms with van der Waals surface area (Å²) in [6.45, 7) is 0. The molecule has 0 aliphatic rings. The molecule has 0 fully saturated rings. The van der Waals surface area contributed by atoms with Gasteiger partial charge in [0.25, 0.3) is 0 Å². The zero-order valence-corrected chi connectivity index (χ0v) is 9.96. The fourth-order valence-electron chi connectivity index (χ4n) is 2.12. The van der Waals surface area contributed by atoms with Gasteiger partial charge in [0, 0.05) is 35.9 Å². The van der Waals surface area contributed by atoms with Crippen LogP contribution in [0.1, 0.15) is 0 Å². The van der Waals surface area contributed by atoms with E-state index in [9.17, 15) is 0 Å². The molecule has 3 N–H and O–H groups in total. The van der Waals surface area contributed by atoms with Crippen molar-refractivity contribution >= 4 is 16.9 Å². The Morgan fingerprint density at radius 2 is 2.06 bits per heavy atom. The summed E-state index contributed by atoms with van der Waals surface area (Å²) in [6, 6.07) is 10.1. The average molecular weight is 239 g/mol. The second-order valence-corrected chi connectivity index (χ2v) is 4.08. The summed E-state index contributed by atoms with van der Waals surface area (Å²) in [5, 5.41) is 1.17. The van der Waals surface area contributed by atoms with Crippen molar-refractivity contribution < 1.29 is 0 Å². The lowest BCUT2D eigenvalue weighted by molar-refractivity contribution is 0.969. The van der Waals surface area contributed by atoms with Crippen molar-refractivity contribution in [3.63, 3.8) is 0 Å². The smallest absolute Gasteiger partial charge is 0.237 e. The summed E-state index contributed by atoms with van der Waals surface area (Å²) in [7, 11) is 2.02. The van der Waals surface area contributed by atoms with Gasteiger partial charge in [0.15, 0.2) is 0 Å². The lowest BCUT2D eigenvalue weighted by Gasteiger charge is -2.01. The maximum absolute atomic E-state index is 5.33. The fraction of sp³-hybridized carbons (Fsp3) is 0.0769. The van der Waals surface area contributed by atoms with Crippen molar-refractivity contribution in [3.05, 3.63) is 42.7 Å². The first-order chi connectivity index (χ1) is 8.79. The molecule has 5 nitrogen and oxygen atoms in total. The van der Waals surface area contributed by atoms with Crippen LogP contribution < -0.4 is 11.3 Å². The Hall–Kier alpha value is -2.40. The van der Waals surface area contributed by atoms with Crippen LogP contribution in [0.2, 0.25) is 0 Å². The van der Waals surface area contributed by atoms with Gasteiger partial charge in [0.1, 0.15) is 0 Å². The number of benzene rings is 1. The molecule has 2 aromatic heterocycles. The van der Waals surface area contributed by atoms with E-state index in [1.165, 1.54) is 10.9 Å². The summed E-state index contributed by atoms with van der Waals surface area (Å²) in [4.78, 5) is 8.38. The standard InChI is InChI=1S/C13H13N5/c1-18-8-10(9-4-2-3-5-12(9)18)11-6-7-15-13(16-11)17-14/h2-8H,14H2,1H3,(H,15,16,17). The Labute approximate surface area is 104 Å². The van der Waals surface area contributed by atoms with Crippen LogP contribution in [0.4, 0.5) is 5.95 Å². The van der Waals surface area contributed by atoms with E-state index < -0.39 is 0 Å². The fourth-order valence-corrected chi connectivity index (χ4v) is 2.12.